The Morgan fingerprint density at radius 1 is 1.29 bits per heavy atom. The van der Waals surface area contributed by atoms with E-state index in [0.717, 1.165) is 44.9 Å². The number of carbonyl (C=O) groups is 1. The Labute approximate surface area is 130 Å². The topological polar surface area (TPSA) is 46.5 Å². The van der Waals surface area contributed by atoms with Gasteiger partial charge in [0.2, 0.25) is 0 Å². The molecule has 0 radical (unpaired) electrons. The maximum atomic E-state index is 12.4. The average molecular weight is 298 g/mol. The lowest BCUT2D eigenvalue weighted by Crippen LogP contribution is -2.41. The molecule has 0 aliphatic heterocycles. The zero-order valence-corrected chi connectivity index (χ0v) is 14.8. The summed E-state index contributed by atoms with van der Waals surface area (Å²) in [6.07, 6.45) is 6.34. The molecule has 3 unspecified atom stereocenters. The number of rotatable bonds is 6. The van der Waals surface area contributed by atoms with Crippen LogP contribution in [0.25, 0.3) is 0 Å². The molecule has 0 aromatic carbocycles. The summed E-state index contributed by atoms with van der Waals surface area (Å²) >= 11 is 0. The molecule has 3 heteroatoms. The Bertz CT molecular complexity index is 359. The first-order valence-corrected chi connectivity index (χ1v) is 8.49. The highest BCUT2D eigenvalue weighted by atomic mass is 16.6. The fourth-order valence-electron chi connectivity index (χ4n) is 3.15. The first-order chi connectivity index (χ1) is 9.53. The molecule has 3 atom stereocenters. The van der Waals surface area contributed by atoms with Crippen molar-refractivity contribution in [3.05, 3.63) is 0 Å². The molecule has 1 aliphatic carbocycles. The molecule has 3 nitrogen and oxygen atoms in total. The number of hydrogen-bond acceptors (Lipinski definition) is 3. The average Bonchev–Trinajstić information content (AvgIpc) is 2.37. The highest BCUT2D eigenvalue weighted by molar-refractivity contribution is 5.76. The van der Waals surface area contributed by atoms with Crippen molar-refractivity contribution in [2.75, 3.05) is 0 Å². The van der Waals surface area contributed by atoms with Gasteiger partial charge >= 0.3 is 5.97 Å². The molecule has 0 heterocycles. The fourth-order valence-corrected chi connectivity index (χ4v) is 3.15. The Morgan fingerprint density at radius 2 is 1.90 bits per heavy atom. The van der Waals surface area contributed by atoms with Gasteiger partial charge < -0.3 is 9.84 Å². The van der Waals surface area contributed by atoms with Crippen molar-refractivity contribution in [1.82, 2.24) is 0 Å². The summed E-state index contributed by atoms with van der Waals surface area (Å²) in [5.41, 5.74) is -1.39. The largest absolute Gasteiger partial charge is 0.459 e. The van der Waals surface area contributed by atoms with E-state index in [4.69, 9.17) is 4.74 Å². The van der Waals surface area contributed by atoms with Crippen molar-refractivity contribution in [3.63, 3.8) is 0 Å². The van der Waals surface area contributed by atoms with Crippen LogP contribution in [0.2, 0.25) is 0 Å². The van der Waals surface area contributed by atoms with Gasteiger partial charge in [-0.25, -0.2) is 0 Å². The highest BCUT2D eigenvalue weighted by Gasteiger charge is 2.38. The van der Waals surface area contributed by atoms with Crippen LogP contribution in [0, 0.1) is 11.3 Å². The minimum absolute atomic E-state index is 0.100. The van der Waals surface area contributed by atoms with E-state index < -0.39 is 16.6 Å². The molecule has 0 aromatic rings. The van der Waals surface area contributed by atoms with Crippen LogP contribution in [0.15, 0.2) is 0 Å². The highest BCUT2D eigenvalue weighted by Crippen LogP contribution is 2.39. The van der Waals surface area contributed by atoms with E-state index in [1.807, 2.05) is 34.6 Å². The van der Waals surface area contributed by atoms with E-state index >= 15 is 0 Å². The molecule has 0 saturated heterocycles. The van der Waals surface area contributed by atoms with E-state index in [9.17, 15) is 9.90 Å². The lowest BCUT2D eigenvalue weighted by atomic mass is 9.74. The van der Waals surface area contributed by atoms with Crippen LogP contribution in [0.1, 0.15) is 86.5 Å². The molecular formula is C18H34O3. The number of aliphatic hydroxyl groups is 1. The van der Waals surface area contributed by atoms with E-state index in [0.29, 0.717) is 5.92 Å². The molecule has 0 amide bonds. The summed E-state index contributed by atoms with van der Waals surface area (Å²) in [5, 5.41) is 10.3. The third-order valence-electron chi connectivity index (χ3n) is 5.30. The number of carbonyl (C=O) groups excluding carboxylic acids is 1. The lowest BCUT2D eigenvalue weighted by Gasteiger charge is -2.39. The predicted octanol–water partition coefficient (Wildman–Crippen LogP) is 4.47. The number of esters is 1. The van der Waals surface area contributed by atoms with Gasteiger partial charge in [-0.1, -0.05) is 26.7 Å². The van der Waals surface area contributed by atoms with Gasteiger partial charge in [-0.05, 0) is 65.7 Å². The van der Waals surface area contributed by atoms with Crippen molar-refractivity contribution in [3.8, 4) is 0 Å². The van der Waals surface area contributed by atoms with Gasteiger partial charge in [-0.3, -0.25) is 4.79 Å². The summed E-state index contributed by atoms with van der Waals surface area (Å²) in [6.45, 7) is 11.9. The van der Waals surface area contributed by atoms with Gasteiger partial charge in [-0.15, -0.1) is 0 Å². The molecule has 21 heavy (non-hydrogen) atoms. The summed E-state index contributed by atoms with van der Waals surface area (Å²) in [7, 11) is 0. The summed E-state index contributed by atoms with van der Waals surface area (Å²) < 4.78 is 5.89. The summed E-state index contributed by atoms with van der Waals surface area (Å²) in [6, 6.07) is 0. The van der Waals surface area contributed by atoms with Crippen LogP contribution in [-0.4, -0.2) is 22.3 Å². The molecule has 1 saturated carbocycles. The van der Waals surface area contributed by atoms with Gasteiger partial charge in [0.25, 0.3) is 0 Å². The van der Waals surface area contributed by atoms with Crippen LogP contribution < -0.4 is 0 Å². The van der Waals surface area contributed by atoms with Gasteiger partial charge in [0, 0.05) is 0 Å². The molecule has 0 spiro atoms. The molecule has 0 bridgehead atoms. The predicted molar refractivity (Wildman–Crippen MR) is 86.1 cm³/mol. The Kier molecular flexibility index (Phi) is 5.88. The van der Waals surface area contributed by atoms with Crippen molar-refractivity contribution in [2.24, 2.45) is 11.3 Å². The van der Waals surface area contributed by atoms with Crippen molar-refractivity contribution >= 4 is 5.97 Å². The van der Waals surface area contributed by atoms with Gasteiger partial charge in [0.15, 0.2) is 0 Å². The Hall–Kier alpha value is -0.570. The van der Waals surface area contributed by atoms with E-state index in [1.165, 1.54) is 0 Å². The molecule has 1 fully saturated rings. The van der Waals surface area contributed by atoms with Crippen LogP contribution in [0.5, 0.6) is 0 Å². The Morgan fingerprint density at radius 3 is 2.38 bits per heavy atom. The number of ether oxygens (including phenoxy) is 1. The van der Waals surface area contributed by atoms with Crippen molar-refractivity contribution in [2.45, 2.75) is 97.7 Å². The minimum Gasteiger partial charge on any atom is -0.459 e. The maximum Gasteiger partial charge on any atom is 0.312 e. The normalized spacial score (nSPS) is 29.8. The molecule has 1 N–H and O–H groups in total. The molecule has 0 aromatic heterocycles. The Balaban J connectivity index is 2.69. The monoisotopic (exact) mass is 298 g/mol. The third kappa shape index (κ3) is 5.28. The second kappa shape index (κ2) is 6.68. The van der Waals surface area contributed by atoms with Crippen LogP contribution >= 0.6 is 0 Å². The molecule has 124 valence electrons. The maximum absolute atomic E-state index is 12.4. The first kappa shape index (κ1) is 18.5. The zero-order valence-electron chi connectivity index (χ0n) is 14.8. The summed E-state index contributed by atoms with van der Waals surface area (Å²) in [4.78, 5) is 12.4. The van der Waals surface area contributed by atoms with E-state index in [2.05, 4.69) is 6.92 Å². The lowest BCUT2D eigenvalue weighted by molar-refractivity contribution is -0.172. The van der Waals surface area contributed by atoms with Crippen LogP contribution in [0.3, 0.4) is 0 Å². The fraction of sp³-hybridized carbons (Fsp3) is 0.944. The quantitative estimate of drug-likeness (QED) is 0.736. The SMILES string of the molecule is CCC(C)(CC1CCCC(C)(O)C1)OC(=O)C(C)(C)CC. The first-order valence-electron chi connectivity index (χ1n) is 8.49. The van der Waals surface area contributed by atoms with E-state index in [1.54, 1.807) is 0 Å². The second-order valence-corrected chi connectivity index (χ2v) is 8.09. The van der Waals surface area contributed by atoms with Crippen molar-refractivity contribution < 1.29 is 14.6 Å². The van der Waals surface area contributed by atoms with Gasteiger partial charge in [-0.2, -0.15) is 0 Å². The van der Waals surface area contributed by atoms with Crippen molar-refractivity contribution in [1.29, 1.82) is 0 Å². The zero-order chi connectivity index (χ0) is 16.3. The van der Waals surface area contributed by atoms with Crippen LogP contribution in [-0.2, 0) is 9.53 Å². The smallest absolute Gasteiger partial charge is 0.312 e. The van der Waals surface area contributed by atoms with E-state index in [-0.39, 0.29) is 5.97 Å². The standard InChI is InChI=1S/C18H34O3/c1-7-16(3,4)15(19)21-18(6,8-2)13-14-10-9-11-17(5,20)12-14/h14,20H,7-13H2,1-6H3. The molecule has 1 aliphatic rings. The van der Waals surface area contributed by atoms with Gasteiger partial charge in [0.05, 0.1) is 11.0 Å². The van der Waals surface area contributed by atoms with Gasteiger partial charge in [0.1, 0.15) is 5.60 Å². The van der Waals surface area contributed by atoms with Crippen LogP contribution in [0.4, 0.5) is 0 Å². The minimum atomic E-state index is -0.551. The number of hydrogen-bond donors (Lipinski definition) is 1. The molecular weight excluding hydrogens is 264 g/mol. The third-order valence-corrected chi connectivity index (χ3v) is 5.30. The second-order valence-electron chi connectivity index (χ2n) is 8.09. The summed E-state index contributed by atoms with van der Waals surface area (Å²) in [5.74, 6) is 0.341. The molecule has 1 rings (SSSR count).